The van der Waals surface area contributed by atoms with E-state index < -0.39 is 0 Å². The first kappa shape index (κ1) is 19.5. The quantitative estimate of drug-likeness (QED) is 0.389. The summed E-state index contributed by atoms with van der Waals surface area (Å²) in [4.78, 5) is 8.61. The van der Waals surface area contributed by atoms with Crippen molar-refractivity contribution in [2.45, 2.75) is 72.8 Å². The third kappa shape index (κ3) is 8.05. The number of unbranched alkanes of at least 4 members (excludes halogenated alkanes) is 4. The highest BCUT2D eigenvalue weighted by atomic mass is 16.4. The fraction of sp³-hybridized carbons (Fsp3) is 0.778. The van der Waals surface area contributed by atoms with Gasteiger partial charge in [0.25, 0.3) is 0 Å². The Balaban J connectivity index is 2.20. The highest BCUT2D eigenvalue weighted by Crippen LogP contribution is 2.11. The molecule has 1 aromatic rings. The number of hydrogen-bond donors (Lipinski definition) is 2. The second-order valence-corrected chi connectivity index (χ2v) is 6.36. The molecular formula is C18H34N4O. The topological polar surface area (TPSA) is 62.5 Å². The second-order valence-electron chi connectivity index (χ2n) is 6.36. The molecule has 0 bridgehead atoms. The summed E-state index contributed by atoms with van der Waals surface area (Å²) in [6, 6.07) is 0. The third-order valence-corrected chi connectivity index (χ3v) is 4.12. The van der Waals surface area contributed by atoms with Crippen molar-refractivity contribution in [3.8, 4) is 0 Å². The summed E-state index contributed by atoms with van der Waals surface area (Å²) in [6.07, 6.45) is 7.99. The summed E-state index contributed by atoms with van der Waals surface area (Å²) in [5, 5.41) is 6.63. The van der Waals surface area contributed by atoms with Crippen LogP contribution in [-0.4, -0.2) is 24.5 Å². The molecule has 2 N–H and O–H groups in total. The third-order valence-electron chi connectivity index (χ3n) is 4.12. The predicted molar refractivity (Wildman–Crippen MR) is 96.7 cm³/mol. The van der Waals surface area contributed by atoms with Crippen LogP contribution in [0.1, 0.15) is 69.7 Å². The van der Waals surface area contributed by atoms with E-state index in [-0.39, 0.29) is 0 Å². The molecule has 1 atom stereocenters. The van der Waals surface area contributed by atoms with Crippen LogP contribution in [0.2, 0.25) is 0 Å². The van der Waals surface area contributed by atoms with Gasteiger partial charge in [-0.25, -0.2) is 4.98 Å². The number of guanidine groups is 1. The number of aryl methyl sites for hydroxylation is 2. The van der Waals surface area contributed by atoms with E-state index in [1.165, 1.54) is 38.5 Å². The Labute approximate surface area is 141 Å². The minimum absolute atomic E-state index is 0.555. The molecule has 0 aromatic carbocycles. The highest BCUT2D eigenvalue weighted by Gasteiger charge is 2.07. The van der Waals surface area contributed by atoms with Crippen molar-refractivity contribution in [2.75, 3.05) is 13.6 Å². The molecule has 23 heavy (non-hydrogen) atoms. The molecule has 0 saturated heterocycles. The summed E-state index contributed by atoms with van der Waals surface area (Å²) in [7, 11) is 1.79. The molecule has 1 rings (SSSR count). The van der Waals surface area contributed by atoms with Gasteiger partial charge in [-0.1, -0.05) is 46.0 Å². The lowest BCUT2D eigenvalue weighted by molar-refractivity contribution is 0.459. The fourth-order valence-electron chi connectivity index (χ4n) is 2.46. The van der Waals surface area contributed by atoms with Crippen LogP contribution in [0.5, 0.6) is 0 Å². The van der Waals surface area contributed by atoms with Crippen LogP contribution in [0.3, 0.4) is 0 Å². The summed E-state index contributed by atoms with van der Waals surface area (Å²) >= 11 is 0. The van der Waals surface area contributed by atoms with Gasteiger partial charge < -0.3 is 15.1 Å². The predicted octanol–water partition coefficient (Wildman–Crippen LogP) is 3.95. The van der Waals surface area contributed by atoms with Crippen LogP contribution in [0.25, 0.3) is 0 Å². The van der Waals surface area contributed by atoms with E-state index in [2.05, 4.69) is 34.5 Å². The average Bonchev–Trinajstić information content (AvgIpc) is 2.85. The molecule has 0 spiro atoms. The molecule has 1 unspecified atom stereocenters. The Morgan fingerprint density at radius 1 is 1.17 bits per heavy atom. The van der Waals surface area contributed by atoms with Crippen molar-refractivity contribution >= 4 is 5.96 Å². The lowest BCUT2D eigenvalue weighted by atomic mass is 10.0. The highest BCUT2D eigenvalue weighted by molar-refractivity contribution is 5.79. The van der Waals surface area contributed by atoms with Crippen LogP contribution in [0.4, 0.5) is 0 Å². The van der Waals surface area contributed by atoms with E-state index in [0.29, 0.717) is 18.4 Å². The Kier molecular flexibility index (Phi) is 9.41. The summed E-state index contributed by atoms with van der Waals surface area (Å²) in [6.45, 7) is 9.93. The van der Waals surface area contributed by atoms with Crippen molar-refractivity contribution in [1.82, 2.24) is 15.6 Å². The van der Waals surface area contributed by atoms with Gasteiger partial charge in [-0.3, -0.25) is 4.99 Å². The van der Waals surface area contributed by atoms with Gasteiger partial charge in [0.2, 0.25) is 5.89 Å². The van der Waals surface area contributed by atoms with Gasteiger partial charge in [0.1, 0.15) is 5.76 Å². The van der Waals surface area contributed by atoms with E-state index in [9.17, 15) is 0 Å². The van der Waals surface area contributed by atoms with Crippen LogP contribution in [0, 0.1) is 19.8 Å². The first-order valence-corrected chi connectivity index (χ1v) is 8.94. The number of nitrogens with zero attached hydrogens (tertiary/aromatic N) is 2. The van der Waals surface area contributed by atoms with Crippen molar-refractivity contribution in [3.63, 3.8) is 0 Å². The van der Waals surface area contributed by atoms with E-state index in [1.54, 1.807) is 7.05 Å². The smallest absolute Gasteiger partial charge is 0.214 e. The normalized spacial score (nSPS) is 13.2. The zero-order valence-electron chi connectivity index (χ0n) is 15.5. The molecule has 0 aliphatic rings. The number of aromatic nitrogens is 1. The van der Waals surface area contributed by atoms with E-state index in [1.807, 2.05) is 13.8 Å². The number of nitrogens with one attached hydrogen (secondary N) is 2. The minimum Gasteiger partial charge on any atom is -0.444 e. The summed E-state index contributed by atoms with van der Waals surface area (Å²) in [5.74, 6) is 3.03. The van der Waals surface area contributed by atoms with Crippen LogP contribution < -0.4 is 10.6 Å². The standard InChI is InChI=1S/C18H34N4O/c1-6-7-8-9-10-11-14(2)12-20-18(19-5)21-13-17-22-15(3)16(4)23-17/h14H,6-13H2,1-5H3,(H2,19,20,21). The zero-order chi connectivity index (χ0) is 17.1. The number of hydrogen-bond acceptors (Lipinski definition) is 3. The van der Waals surface area contributed by atoms with Crippen molar-refractivity contribution in [1.29, 1.82) is 0 Å². The zero-order valence-corrected chi connectivity index (χ0v) is 15.5. The fourth-order valence-corrected chi connectivity index (χ4v) is 2.46. The van der Waals surface area contributed by atoms with Gasteiger partial charge in [0, 0.05) is 13.6 Å². The molecule has 0 fully saturated rings. The maximum absolute atomic E-state index is 5.56. The molecule has 5 nitrogen and oxygen atoms in total. The molecule has 1 aromatic heterocycles. The molecule has 1 heterocycles. The molecule has 132 valence electrons. The molecule has 0 amide bonds. The van der Waals surface area contributed by atoms with E-state index >= 15 is 0 Å². The first-order valence-electron chi connectivity index (χ1n) is 8.94. The molecule has 0 aliphatic carbocycles. The lowest BCUT2D eigenvalue weighted by Crippen LogP contribution is -2.39. The minimum atomic E-state index is 0.555. The lowest BCUT2D eigenvalue weighted by Gasteiger charge is -2.15. The van der Waals surface area contributed by atoms with E-state index in [4.69, 9.17) is 4.42 Å². The summed E-state index contributed by atoms with van der Waals surface area (Å²) < 4.78 is 5.56. The second kappa shape index (κ2) is 11.1. The largest absolute Gasteiger partial charge is 0.444 e. The van der Waals surface area contributed by atoms with Crippen molar-refractivity contribution < 1.29 is 4.42 Å². The molecule has 0 aliphatic heterocycles. The molecular weight excluding hydrogens is 288 g/mol. The van der Waals surface area contributed by atoms with Crippen LogP contribution in [-0.2, 0) is 6.54 Å². The summed E-state index contributed by atoms with van der Waals surface area (Å²) in [5.41, 5.74) is 0.946. The van der Waals surface area contributed by atoms with Gasteiger partial charge in [-0.2, -0.15) is 0 Å². The monoisotopic (exact) mass is 322 g/mol. The first-order chi connectivity index (χ1) is 11.1. The number of aliphatic imine (C=N–C) groups is 1. The maximum Gasteiger partial charge on any atom is 0.214 e. The Bertz CT molecular complexity index is 448. The van der Waals surface area contributed by atoms with Gasteiger partial charge in [-0.15, -0.1) is 0 Å². The van der Waals surface area contributed by atoms with Crippen LogP contribution in [0.15, 0.2) is 9.41 Å². The maximum atomic E-state index is 5.56. The molecule has 0 radical (unpaired) electrons. The number of rotatable bonds is 10. The van der Waals surface area contributed by atoms with Crippen LogP contribution >= 0.6 is 0 Å². The van der Waals surface area contributed by atoms with Gasteiger partial charge in [0.05, 0.1) is 12.2 Å². The van der Waals surface area contributed by atoms with Crippen molar-refractivity contribution in [3.05, 3.63) is 17.3 Å². The number of oxazole rings is 1. The van der Waals surface area contributed by atoms with Crippen molar-refractivity contribution in [2.24, 2.45) is 10.9 Å². The Hall–Kier alpha value is -1.52. The Morgan fingerprint density at radius 3 is 2.52 bits per heavy atom. The average molecular weight is 322 g/mol. The van der Waals surface area contributed by atoms with Gasteiger partial charge in [0.15, 0.2) is 5.96 Å². The Morgan fingerprint density at radius 2 is 1.91 bits per heavy atom. The van der Waals surface area contributed by atoms with E-state index in [0.717, 1.165) is 24.0 Å². The SMILES string of the molecule is CCCCCCCC(C)CNC(=NC)NCc1nc(C)c(C)o1. The van der Waals surface area contributed by atoms with Gasteiger partial charge >= 0.3 is 0 Å². The van der Waals surface area contributed by atoms with Gasteiger partial charge in [-0.05, 0) is 26.2 Å². The molecule has 5 heteroatoms. The molecule has 0 saturated carbocycles.